The summed E-state index contributed by atoms with van der Waals surface area (Å²) in [6, 6.07) is 3.73. The van der Waals surface area contributed by atoms with Crippen LogP contribution >= 0.6 is 15.9 Å². The van der Waals surface area contributed by atoms with Gasteiger partial charge in [0, 0.05) is 18.4 Å². The van der Waals surface area contributed by atoms with Gasteiger partial charge in [0.05, 0.1) is 0 Å². The Hall–Kier alpha value is -1.10. The number of carbonyl (C=O) groups excluding carboxylic acids is 1. The Morgan fingerprint density at radius 3 is 2.75 bits per heavy atom. The van der Waals surface area contributed by atoms with Crippen LogP contribution in [0.1, 0.15) is 17.3 Å². The maximum Gasteiger partial charge on any atom is 0.260 e. The Kier molecular flexibility index (Phi) is 4.29. The first-order valence-corrected chi connectivity index (χ1v) is 5.91. The van der Waals surface area contributed by atoms with Crippen molar-refractivity contribution in [3.63, 3.8) is 0 Å². The molecule has 88 valence electrons. The molecule has 0 spiro atoms. The van der Waals surface area contributed by atoms with Gasteiger partial charge in [-0.15, -0.1) is 0 Å². The summed E-state index contributed by atoms with van der Waals surface area (Å²) < 4.78 is 13.4. The molecule has 3 nitrogen and oxygen atoms in total. The van der Waals surface area contributed by atoms with E-state index in [9.17, 15) is 14.3 Å². The Morgan fingerprint density at radius 2 is 2.25 bits per heavy atom. The van der Waals surface area contributed by atoms with Gasteiger partial charge in [-0.3, -0.25) is 4.79 Å². The van der Waals surface area contributed by atoms with E-state index < -0.39 is 11.7 Å². The quantitative estimate of drug-likeness (QED) is 0.868. The third-order valence-corrected chi connectivity index (χ3v) is 3.35. The summed E-state index contributed by atoms with van der Waals surface area (Å²) in [7, 11) is 1.57. The summed E-state index contributed by atoms with van der Waals surface area (Å²) in [6.07, 6.45) is 0. The van der Waals surface area contributed by atoms with Crippen LogP contribution < -0.4 is 0 Å². The normalized spacial score (nSPS) is 12.2. The molecule has 0 aliphatic carbocycles. The number of nitrogens with zero attached hydrogens (tertiary/aromatic N) is 1. The van der Waals surface area contributed by atoms with Crippen molar-refractivity contribution in [3.8, 4) is 5.75 Å². The van der Waals surface area contributed by atoms with E-state index in [0.717, 1.165) is 6.07 Å². The van der Waals surface area contributed by atoms with Gasteiger partial charge >= 0.3 is 0 Å². The Labute approximate surface area is 102 Å². The molecule has 1 amide bonds. The average Bonchev–Trinajstić information content (AvgIpc) is 2.26. The Balaban J connectivity index is 3.05. The smallest absolute Gasteiger partial charge is 0.260 e. The second-order valence-electron chi connectivity index (χ2n) is 3.55. The molecule has 0 aromatic heterocycles. The molecule has 1 atom stereocenters. The van der Waals surface area contributed by atoms with Crippen LogP contribution in [0.4, 0.5) is 4.39 Å². The zero-order valence-corrected chi connectivity index (χ0v) is 10.7. The van der Waals surface area contributed by atoms with Crippen molar-refractivity contribution in [1.82, 2.24) is 4.90 Å². The number of phenols is 1. The number of benzene rings is 1. The van der Waals surface area contributed by atoms with Gasteiger partial charge < -0.3 is 10.0 Å². The van der Waals surface area contributed by atoms with Gasteiger partial charge in [0.2, 0.25) is 0 Å². The molecule has 0 radical (unpaired) electrons. The Bertz CT molecular complexity index is 377. The van der Waals surface area contributed by atoms with Crippen LogP contribution in [0.2, 0.25) is 0 Å². The number of carbonyl (C=O) groups is 1. The average molecular weight is 290 g/mol. The molecule has 1 N–H and O–H groups in total. The van der Waals surface area contributed by atoms with Gasteiger partial charge in [-0.05, 0) is 19.1 Å². The van der Waals surface area contributed by atoms with Gasteiger partial charge in [-0.1, -0.05) is 22.0 Å². The maximum atomic E-state index is 13.4. The molecule has 0 bridgehead atoms. The molecule has 16 heavy (non-hydrogen) atoms. The number of hydrogen-bond donors (Lipinski definition) is 1. The summed E-state index contributed by atoms with van der Waals surface area (Å²) in [6.45, 7) is 1.82. The highest BCUT2D eigenvalue weighted by atomic mass is 79.9. The molecule has 0 saturated heterocycles. The summed E-state index contributed by atoms with van der Waals surface area (Å²) in [4.78, 5) is 13.3. The van der Waals surface area contributed by atoms with Crippen molar-refractivity contribution in [1.29, 1.82) is 0 Å². The van der Waals surface area contributed by atoms with E-state index in [4.69, 9.17) is 0 Å². The monoisotopic (exact) mass is 289 g/mol. The van der Waals surface area contributed by atoms with Crippen molar-refractivity contribution in [3.05, 3.63) is 29.6 Å². The van der Waals surface area contributed by atoms with E-state index in [-0.39, 0.29) is 17.4 Å². The van der Waals surface area contributed by atoms with E-state index in [1.165, 1.54) is 17.0 Å². The third kappa shape index (κ3) is 2.52. The molecule has 1 unspecified atom stereocenters. The third-order valence-electron chi connectivity index (χ3n) is 2.41. The molecule has 0 aliphatic rings. The zero-order valence-electron chi connectivity index (χ0n) is 9.08. The van der Waals surface area contributed by atoms with Gasteiger partial charge in [0.1, 0.15) is 17.1 Å². The van der Waals surface area contributed by atoms with Crippen LogP contribution in [0.15, 0.2) is 18.2 Å². The van der Waals surface area contributed by atoms with Crippen molar-refractivity contribution in [2.45, 2.75) is 13.0 Å². The van der Waals surface area contributed by atoms with Gasteiger partial charge in [0.25, 0.3) is 5.91 Å². The van der Waals surface area contributed by atoms with Crippen molar-refractivity contribution < 1.29 is 14.3 Å². The van der Waals surface area contributed by atoms with Crippen LogP contribution in [0, 0.1) is 5.82 Å². The fourth-order valence-corrected chi connectivity index (χ4v) is 1.64. The molecule has 5 heteroatoms. The molecule has 0 aliphatic heterocycles. The predicted molar refractivity (Wildman–Crippen MR) is 63.4 cm³/mol. The van der Waals surface area contributed by atoms with Crippen LogP contribution in [-0.2, 0) is 0 Å². The van der Waals surface area contributed by atoms with E-state index in [0.29, 0.717) is 5.33 Å². The number of aromatic hydroxyl groups is 1. The first kappa shape index (κ1) is 13.0. The number of alkyl halides is 1. The lowest BCUT2D eigenvalue weighted by atomic mass is 10.1. The number of phenolic OH excluding ortho intramolecular Hbond substituents is 1. The SMILES string of the molecule is CC(CBr)N(C)C(=O)c1c(O)cccc1F. The van der Waals surface area contributed by atoms with E-state index >= 15 is 0 Å². The predicted octanol–water partition coefficient (Wildman–Crippen LogP) is 2.39. The first-order chi connectivity index (χ1) is 7.49. The number of amides is 1. The highest BCUT2D eigenvalue weighted by Gasteiger charge is 2.22. The van der Waals surface area contributed by atoms with Gasteiger partial charge in [-0.25, -0.2) is 4.39 Å². The molecule has 0 fully saturated rings. The summed E-state index contributed by atoms with van der Waals surface area (Å²) in [5.74, 6) is -1.57. The minimum atomic E-state index is -0.710. The van der Waals surface area contributed by atoms with Crippen LogP contribution in [0.25, 0.3) is 0 Å². The second-order valence-corrected chi connectivity index (χ2v) is 4.20. The lowest BCUT2D eigenvalue weighted by Crippen LogP contribution is -2.36. The van der Waals surface area contributed by atoms with Gasteiger partial charge in [0.15, 0.2) is 0 Å². The maximum absolute atomic E-state index is 13.4. The largest absolute Gasteiger partial charge is 0.507 e. The fourth-order valence-electron chi connectivity index (χ4n) is 1.20. The molecular formula is C11H13BrFNO2. The highest BCUT2D eigenvalue weighted by Crippen LogP contribution is 2.22. The summed E-state index contributed by atoms with van der Waals surface area (Å²) in [5, 5.41) is 10.1. The van der Waals surface area contributed by atoms with Crippen molar-refractivity contribution >= 4 is 21.8 Å². The van der Waals surface area contributed by atoms with Crippen molar-refractivity contribution in [2.75, 3.05) is 12.4 Å². The van der Waals surface area contributed by atoms with E-state index in [2.05, 4.69) is 15.9 Å². The molecule has 0 heterocycles. The lowest BCUT2D eigenvalue weighted by Gasteiger charge is -2.23. The van der Waals surface area contributed by atoms with Crippen LogP contribution in [0.5, 0.6) is 5.75 Å². The molecule has 1 aromatic carbocycles. The van der Waals surface area contributed by atoms with E-state index in [1.54, 1.807) is 7.05 Å². The van der Waals surface area contributed by atoms with Crippen LogP contribution in [0.3, 0.4) is 0 Å². The standard InChI is InChI=1S/C11H13BrFNO2/c1-7(6-12)14(2)11(16)10-8(13)4-3-5-9(10)15/h3-5,7,15H,6H2,1-2H3. The van der Waals surface area contributed by atoms with Crippen LogP contribution in [-0.4, -0.2) is 34.3 Å². The number of hydrogen-bond acceptors (Lipinski definition) is 2. The minimum absolute atomic E-state index is 0.0773. The molecule has 1 rings (SSSR count). The lowest BCUT2D eigenvalue weighted by molar-refractivity contribution is 0.0750. The molecule has 1 aromatic rings. The summed E-state index contributed by atoms with van der Waals surface area (Å²) >= 11 is 3.24. The molecule has 0 saturated carbocycles. The Morgan fingerprint density at radius 1 is 1.62 bits per heavy atom. The fraction of sp³-hybridized carbons (Fsp3) is 0.364. The number of rotatable bonds is 3. The molecular weight excluding hydrogens is 277 g/mol. The van der Waals surface area contributed by atoms with E-state index in [1.807, 2.05) is 6.92 Å². The summed E-state index contributed by atoms with van der Waals surface area (Å²) in [5.41, 5.74) is -0.280. The van der Waals surface area contributed by atoms with Gasteiger partial charge in [-0.2, -0.15) is 0 Å². The number of halogens is 2. The zero-order chi connectivity index (χ0) is 12.3. The first-order valence-electron chi connectivity index (χ1n) is 4.79. The minimum Gasteiger partial charge on any atom is -0.507 e. The van der Waals surface area contributed by atoms with Crippen molar-refractivity contribution in [2.24, 2.45) is 0 Å². The highest BCUT2D eigenvalue weighted by molar-refractivity contribution is 9.09. The topological polar surface area (TPSA) is 40.5 Å². The second kappa shape index (κ2) is 5.30.